The second kappa shape index (κ2) is 9.50. The molecule has 1 aliphatic rings. The van der Waals surface area contributed by atoms with Crippen molar-refractivity contribution < 1.29 is 9.90 Å². The van der Waals surface area contributed by atoms with Crippen LogP contribution in [0, 0.1) is 25.2 Å². The van der Waals surface area contributed by atoms with Crippen molar-refractivity contribution in [2.75, 3.05) is 11.4 Å². The summed E-state index contributed by atoms with van der Waals surface area (Å²) >= 11 is 0. The van der Waals surface area contributed by atoms with E-state index in [2.05, 4.69) is 55.1 Å². The van der Waals surface area contributed by atoms with Crippen molar-refractivity contribution in [2.24, 2.45) is 0 Å². The molecule has 6 heteroatoms. The molecule has 0 saturated heterocycles. The maximum Gasteiger partial charge on any atom is 0.303 e. The third kappa shape index (κ3) is 4.78. The van der Waals surface area contributed by atoms with Gasteiger partial charge < -0.3 is 10.0 Å². The molecular formula is C27H30N4O2. The third-order valence-corrected chi connectivity index (χ3v) is 6.57. The number of carboxylic acids is 1. The predicted octanol–water partition coefficient (Wildman–Crippen LogP) is 5.28. The summed E-state index contributed by atoms with van der Waals surface area (Å²) in [7, 11) is 0. The van der Waals surface area contributed by atoms with Gasteiger partial charge in [-0.25, -0.2) is 4.68 Å². The molecule has 170 valence electrons. The Balaban J connectivity index is 1.59. The highest BCUT2D eigenvalue weighted by molar-refractivity contribution is 5.66. The summed E-state index contributed by atoms with van der Waals surface area (Å²) in [5, 5.41) is 23.5. The van der Waals surface area contributed by atoms with Gasteiger partial charge in [0, 0.05) is 19.5 Å². The number of hydrogen-bond donors (Lipinski definition) is 1. The van der Waals surface area contributed by atoms with Crippen molar-refractivity contribution in [1.29, 1.82) is 5.26 Å². The van der Waals surface area contributed by atoms with Crippen LogP contribution >= 0.6 is 0 Å². The molecule has 1 N–H and O–H groups in total. The van der Waals surface area contributed by atoms with E-state index in [0.717, 1.165) is 43.1 Å². The SMILES string of the molecule is Cc1ccc(-n2nc(C)c(C#N)c2N2CCc3cc([C@@H](C)CCCC(=O)O)ccc3C2)cc1. The smallest absolute Gasteiger partial charge is 0.303 e. The zero-order valence-electron chi connectivity index (χ0n) is 19.5. The Morgan fingerprint density at radius 2 is 1.94 bits per heavy atom. The summed E-state index contributed by atoms with van der Waals surface area (Å²) in [6.45, 7) is 7.66. The molecule has 0 bridgehead atoms. The van der Waals surface area contributed by atoms with Crippen LogP contribution in [-0.4, -0.2) is 27.4 Å². The maximum atomic E-state index is 10.8. The van der Waals surface area contributed by atoms with Gasteiger partial charge in [0.2, 0.25) is 0 Å². The maximum absolute atomic E-state index is 10.8. The van der Waals surface area contributed by atoms with Crippen molar-refractivity contribution in [1.82, 2.24) is 9.78 Å². The molecule has 1 aromatic heterocycles. The van der Waals surface area contributed by atoms with Crippen molar-refractivity contribution in [3.8, 4) is 11.8 Å². The predicted molar refractivity (Wildman–Crippen MR) is 129 cm³/mol. The fraction of sp³-hybridized carbons (Fsp3) is 0.370. The fourth-order valence-corrected chi connectivity index (χ4v) is 4.59. The van der Waals surface area contributed by atoms with Gasteiger partial charge in [0.1, 0.15) is 11.6 Å². The zero-order chi connectivity index (χ0) is 23.5. The van der Waals surface area contributed by atoms with Crippen LogP contribution in [0.4, 0.5) is 5.82 Å². The number of rotatable bonds is 7. The Morgan fingerprint density at radius 1 is 1.18 bits per heavy atom. The number of carboxylic acid groups (broad SMARTS) is 1. The van der Waals surface area contributed by atoms with Crippen LogP contribution in [0.2, 0.25) is 0 Å². The summed E-state index contributed by atoms with van der Waals surface area (Å²) in [4.78, 5) is 13.1. The van der Waals surface area contributed by atoms with Gasteiger partial charge in [-0.3, -0.25) is 4.79 Å². The molecule has 0 aliphatic carbocycles. The first kappa shape index (κ1) is 22.6. The monoisotopic (exact) mass is 442 g/mol. The number of fused-ring (bicyclic) bond motifs is 1. The minimum absolute atomic E-state index is 0.222. The van der Waals surface area contributed by atoms with Gasteiger partial charge in [-0.15, -0.1) is 0 Å². The van der Waals surface area contributed by atoms with E-state index in [4.69, 9.17) is 10.2 Å². The Labute approximate surface area is 195 Å². The molecule has 3 aromatic rings. The lowest BCUT2D eigenvalue weighted by atomic mass is 9.90. The van der Waals surface area contributed by atoms with Crippen molar-refractivity contribution in [2.45, 2.75) is 58.9 Å². The Kier molecular flexibility index (Phi) is 6.50. The summed E-state index contributed by atoms with van der Waals surface area (Å²) in [5.41, 5.74) is 7.38. The average molecular weight is 443 g/mol. The van der Waals surface area contributed by atoms with Gasteiger partial charge in [-0.05, 0) is 67.9 Å². The highest BCUT2D eigenvalue weighted by atomic mass is 16.4. The zero-order valence-corrected chi connectivity index (χ0v) is 19.5. The molecule has 6 nitrogen and oxygen atoms in total. The van der Waals surface area contributed by atoms with E-state index in [1.54, 1.807) is 0 Å². The summed E-state index contributed by atoms with van der Waals surface area (Å²) in [6.07, 6.45) is 2.69. The topological polar surface area (TPSA) is 82.2 Å². The van der Waals surface area contributed by atoms with Crippen LogP contribution in [-0.2, 0) is 17.8 Å². The Hall–Kier alpha value is -3.59. The van der Waals surface area contributed by atoms with Crippen LogP contribution in [0.3, 0.4) is 0 Å². The number of aryl methyl sites for hydroxylation is 2. The largest absolute Gasteiger partial charge is 0.481 e. The number of hydrogen-bond acceptors (Lipinski definition) is 4. The van der Waals surface area contributed by atoms with Crippen molar-refractivity contribution in [3.05, 3.63) is 76.0 Å². The minimum Gasteiger partial charge on any atom is -0.481 e. The number of anilines is 1. The molecule has 0 radical (unpaired) electrons. The van der Waals surface area contributed by atoms with Gasteiger partial charge in [0.15, 0.2) is 5.82 Å². The molecule has 4 rings (SSSR count). The molecule has 1 aliphatic heterocycles. The van der Waals surface area contributed by atoms with Crippen molar-refractivity contribution >= 4 is 11.8 Å². The van der Waals surface area contributed by atoms with E-state index in [9.17, 15) is 10.1 Å². The standard InChI is InChI=1S/C27H30N4O2/c1-18-7-11-24(12-8-18)31-27(25(16-28)20(3)29-31)30-14-13-22-15-21(9-10-23(22)17-30)19(2)5-4-6-26(32)33/h7-12,15,19H,4-6,13-14,17H2,1-3H3,(H,32,33)/t19-/m0/s1. The van der Waals surface area contributed by atoms with Gasteiger partial charge in [-0.2, -0.15) is 10.4 Å². The van der Waals surface area contributed by atoms with Crippen molar-refractivity contribution in [3.63, 3.8) is 0 Å². The Bertz CT molecular complexity index is 1200. The molecule has 0 amide bonds. The lowest BCUT2D eigenvalue weighted by molar-refractivity contribution is -0.137. The highest BCUT2D eigenvalue weighted by Crippen LogP contribution is 2.33. The molecule has 0 unspecified atom stereocenters. The first-order valence-corrected chi connectivity index (χ1v) is 11.5. The fourth-order valence-electron chi connectivity index (χ4n) is 4.59. The first-order chi connectivity index (χ1) is 15.9. The molecule has 0 fully saturated rings. The molecule has 0 spiro atoms. The average Bonchev–Trinajstić information content (AvgIpc) is 3.14. The van der Waals surface area contributed by atoms with E-state index in [-0.39, 0.29) is 6.42 Å². The van der Waals surface area contributed by atoms with E-state index < -0.39 is 5.97 Å². The van der Waals surface area contributed by atoms with E-state index in [1.807, 2.05) is 23.7 Å². The summed E-state index contributed by atoms with van der Waals surface area (Å²) in [5.74, 6) is 0.462. The number of aliphatic carboxylic acids is 1. The van der Waals surface area contributed by atoms with Crippen LogP contribution in [0.15, 0.2) is 42.5 Å². The number of aromatic nitrogens is 2. The normalized spacial score (nSPS) is 13.9. The number of nitrogens with zero attached hydrogens (tertiary/aromatic N) is 4. The van der Waals surface area contributed by atoms with Crippen LogP contribution in [0.1, 0.15) is 65.6 Å². The van der Waals surface area contributed by atoms with Crippen LogP contribution in [0.25, 0.3) is 5.69 Å². The van der Waals surface area contributed by atoms with Gasteiger partial charge in [0.25, 0.3) is 0 Å². The summed E-state index contributed by atoms with van der Waals surface area (Å²) < 4.78 is 1.90. The number of nitriles is 1. The lowest BCUT2D eigenvalue weighted by Gasteiger charge is -2.31. The second-order valence-corrected chi connectivity index (χ2v) is 9.03. The van der Waals surface area contributed by atoms with Gasteiger partial charge in [-0.1, -0.05) is 42.8 Å². The minimum atomic E-state index is -0.732. The highest BCUT2D eigenvalue weighted by Gasteiger charge is 2.26. The molecule has 2 heterocycles. The quantitative estimate of drug-likeness (QED) is 0.538. The van der Waals surface area contributed by atoms with E-state index in [0.29, 0.717) is 17.9 Å². The first-order valence-electron chi connectivity index (χ1n) is 11.5. The van der Waals surface area contributed by atoms with Gasteiger partial charge in [0.05, 0.1) is 11.4 Å². The molecule has 33 heavy (non-hydrogen) atoms. The van der Waals surface area contributed by atoms with Crippen LogP contribution < -0.4 is 4.90 Å². The second-order valence-electron chi connectivity index (χ2n) is 9.03. The lowest BCUT2D eigenvalue weighted by Crippen LogP contribution is -2.32. The molecule has 2 aromatic carbocycles. The molecular weight excluding hydrogens is 412 g/mol. The third-order valence-electron chi connectivity index (χ3n) is 6.57. The number of carbonyl (C=O) groups is 1. The Morgan fingerprint density at radius 3 is 2.64 bits per heavy atom. The number of benzene rings is 2. The van der Waals surface area contributed by atoms with E-state index >= 15 is 0 Å². The van der Waals surface area contributed by atoms with E-state index in [1.165, 1.54) is 22.3 Å². The molecule has 0 saturated carbocycles. The van der Waals surface area contributed by atoms with Crippen LogP contribution in [0.5, 0.6) is 0 Å². The molecule has 1 atom stereocenters. The van der Waals surface area contributed by atoms with Gasteiger partial charge >= 0.3 is 5.97 Å². The summed E-state index contributed by atoms with van der Waals surface area (Å²) in [6, 6.07) is 17.2.